The van der Waals surface area contributed by atoms with Gasteiger partial charge in [-0.3, -0.25) is 0 Å². The van der Waals surface area contributed by atoms with E-state index in [1.54, 1.807) is 31.7 Å². The molecule has 0 aliphatic rings. The Balaban J connectivity index is 2.68. The predicted molar refractivity (Wildman–Crippen MR) is 65.2 cm³/mol. The lowest BCUT2D eigenvalue weighted by Crippen LogP contribution is -2.01. The van der Waals surface area contributed by atoms with E-state index in [2.05, 4.69) is 0 Å². The van der Waals surface area contributed by atoms with Crippen molar-refractivity contribution in [1.29, 1.82) is 0 Å². The molecule has 0 aliphatic heterocycles. The minimum atomic E-state index is -0.893. The number of aliphatic hydroxyl groups is 1. The average Bonchev–Trinajstić information content (AvgIpc) is 2.19. The van der Waals surface area contributed by atoms with Gasteiger partial charge in [-0.05, 0) is 38.0 Å². The zero-order chi connectivity index (χ0) is 12.1. The number of thioether (sulfide) groups is 1. The van der Waals surface area contributed by atoms with E-state index in [1.807, 2.05) is 12.1 Å². The lowest BCUT2D eigenvalue weighted by atomic mass is 10.1. The Morgan fingerprint density at radius 2 is 2.19 bits per heavy atom. The highest BCUT2D eigenvalue weighted by Gasteiger charge is 2.08. The van der Waals surface area contributed by atoms with Crippen LogP contribution in [0.1, 0.15) is 29.3 Å². The third-order valence-corrected chi connectivity index (χ3v) is 3.27. The highest BCUT2D eigenvalue weighted by atomic mass is 32.2. The van der Waals surface area contributed by atoms with Crippen LogP contribution in [0.15, 0.2) is 23.1 Å². The molecule has 88 valence electrons. The van der Waals surface area contributed by atoms with Crippen molar-refractivity contribution in [2.75, 3.05) is 5.75 Å². The number of rotatable bonds is 5. The molecule has 2 N–H and O–H groups in total. The molecule has 0 saturated carbocycles. The summed E-state index contributed by atoms with van der Waals surface area (Å²) in [6.07, 6.45) is 0.401. The van der Waals surface area contributed by atoms with Crippen LogP contribution in [0.5, 0.6) is 0 Å². The van der Waals surface area contributed by atoms with Gasteiger partial charge in [-0.2, -0.15) is 0 Å². The number of hydrogen-bond donors (Lipinski definition) is 2. The van der Waals surface area contributed by atoms with Crippen molar-refractivity contribution in [3.05, 3.63) is 29.3 Å². The molecule has 0 aliphatic carbocycles. The molecule has 1 aromatic carbocycles. The van der Waals surface area contributed by atoms with E-state index in [0.717, 1.165) is 16.2 Å². The van der Waals surface area contributed by atoms with E-state index in [1.165, 1.54) is 0 Å². The van der Waals surface area contributed by atoms with Crippen LogP contribution in [0.3, 0.4) is 0 Å². The first kappa shape index (κ1) is 13.1. The van der Waals surface area contributed by atoms with Gasteiger partial charge in [0.15, 0.2) is 0 Å². The molecule has 1 unspecified atom stereocenters. The Hall–Kier alpha value is -1.00. The summed E-state index contributed by atoms with van der Waals surface area (Å²) < 4.78 is 0. The van der Waals surface area contributed by atoms with Crippen molar-refractivity contribution in [2.24, 2.45) is 0 Å². The predicted octanol–water partition coefficient (Wildman–Crippen LogP) is 2.56. The topological polar surface area (TPSA) is 57.5 Å². The molecule has 1 aromatic rings. The van der Waals surface area contributed by atoms with Crippen LogP contribution in [0.2, 0.25) is 0 Å². The highest BCUT2D eigenvalue weighted by Crippen LogP contribution is 2.22. The highest BCUT2D eigenvalue weighted by molar-refractivity contribution is 7.99. The molecule has 0 bridgehead atoms. The minimum absolute atomic E-state index is 0.308. The molecular formula is C12H16O3S. The minimum Gasteiger partial charge on any atom is -0.478 e. The van der Waals surface area contributed by atoms with Crippen LogP contribution in [0, 0.1) is 6.92 Å². The number of carboxylic acids is 1. The fourth-order valence-corrected chi connectivity index (χ4v) is 2.33. The zero-order valence-corrected chi connectivity index (χ0v) is 10.3. The van der Waals surface area contributed by atoms with Gasteiger partial charge in [-0.1, -0.05) is 6.07 Å². The first-order valence-corrected chi connectivity index (χ1v) is 6.14. The van der Waals surface area contributed by atoms with Crippen molar-refractivity contribution >= 4 is 17.7 Å². The molecule has 3 nitrogen and oxygen atoms in total. The van der Waals surface area contributed by atoms with Crippen LogP contribution >= 0.6 is 11.8 Å². The average molecular weight is 240 g/mol. The molecule has 16 heavy (non-hydrogen) atoms. The SMILES string of the molecule is Cc1ccc(SCCC(C)O)cc1C(=O)O. The summed E-state index contributed by atoms with van der Waals surface area (Å²) in [7, 11) is 0. The fourth-order valence-electron chi connectivity index (χ4n) is 1.27. The molecule has 0 saturated heterocycles. The van der Waals surface area contributed by atoms with Crippen LogP contribution in [0.25, 0.3) is 0 Å². The summed E-state index contributed by atoms with van der Waals surface area (Å²) in [5.74, 6) is -0.102. The molecule has 0 aromatic heterocycles. The molecule has 0 radical (unpaired) electrons. The van der Waals surface area contributed by atoms with Gasteiger partial charge in [0, 0.05) is 10.6 Å². The Morgan fingerprint density at radius 1 is 1.50 bits per heavy atom. The van der Waals surface area contributed by atoms with E-state index < -0.39 is 5.97 Å². The van der Waals surface area contributed by atoms with Crippen LogP contribution in [-0.2, 0) is 0 Å². The van der Waals surface area contributed by atoms with Crippen molar-refractivity contribution in [2.45, 2.75) is 31.3 Å². The normalized spacial score (nSPS) is 12.4. The zero-order valence-electron chi connectivity index (χ0n) is 9.43. The van der Waals surface area contributed by atoms with E-state index in [9.17, 15) is 4.79 Å². The largest absolute Gasteiger partial charge is 0.478 e. The van der Waals surface area contributed by atoms with Crippen molar-refractivity contribution in [3.63, 3.8) is 0 Å². The van der Waals surface area contributed by atoms with Gasteiger partial charge in [0.25, 0.3) is 0 Å². The Morgan fingerprint density at radius 3 is 2.75 bits per heavy atom. The molecular weight excluding hydrogens is 224 g/mol. The quantitative estimate of drug-likeness (QED) is 0.777. The van der Waals surface area contributed by atoms with E-state index in [4.69, 9.17) is 10.2 Å². The van der Waals surface area contributed by atoms with Gasteiger partial charge in [-0.15, -0.1) is 11.8 Å². The molecule has 4 heteroatoms. The Kier molecular flexibility index (Phi) is 4.83. The van der Waals surface area contributed by atoms with Crippen LogP contribution in [0.4, 0.5) is 0 Å². The van der Waals surface area contributed by atoms with E-state index in [0.29, 0.717) is 12.0 Å². The maximum atomic E-state index is 10.9. The second-order valence-electron chi connectivity index (χ2n) is 3.77. The van der Waals surface area contributed by atoms with Crippen LogP contribution in [-0.4, -0.2) is 28.0 Å². The monoisotopic (exact) mass is 240 g/mol. The Bertz CT molecular complexity index is 375. The first-order valence-electron chi connectivity index (χ1n) is 5.15. The lowest BCUT2D eigenvalue weighted by Gasteiger charge is -2.06. The van der Waals surface area contributed by atoms with Gasteiger partial charge in [0.05, 0.1) is 11.7 Å². The van der Waals surface area contributed by atoms with Gasteiger partial charge in [0.2, 0.25) is 0 Å². The Labute approximate surface area is 99.5 Å². The number of carbonyl (C=O) groups is 1. The van der Waals surface area contributed by atoms with Crippen molar-refractivity contribution < 1.29 is 15.0 Å². The molecule has 0 heterocycles. The summed E-state index contributed by atoms with van der Waals surface area (Å²) in [5.41, 5.74) is 1.12. The first-order chi connectivity index (χ1) is 7.50. The summed E-state index contributed by atoms with van der Waals surface area (Å²) in [6.45, 7) is 3.53. The number of carboxylic acid groups (broad SMARTS) is 1. The summed E-state index contributed by atoms with van der Waals surface area (Å²) >= 11 is 1.57. The molecule has 1 rings (SSSR count). The summed E-state index contributed by atoms with van der Waals surface area (Å²) in [5, 5.41) is 18.1. The number of benzene rings is 1. The molecule has 0 fully saturated rings. The van der Waals surface area contributed by atoms with Gasteiger partial charge in [-0.25, -0.2) is 4.79 Å². The van der Waals surface area contributed by atoms with Gasteiger partial charge < -0.3 is 10.2 Å². The summed E-state index contributed by atoms with van der Waals surface area (Å²) in [4.78, 5) is 11.8. The molecule has 1 atom stereocenters. The van der Waals surface area contributed by atoms with E-state index >= 15 is 0 Å². The van der Waals surface area contributed by atoms with Crippen molar-refractivity contribution in [3.8, 4) is 0 Å². The summed E-state index contributed by atoms with van der Waals surface area (Å²) in [6, 6.07) is 5.41. The second kappa shape index (κ2) is 5.92. The number of hydrogen-bond acceptors (Lipinski definition) is 3. The fraction of sp³-hybridized carbons (Fsp3) is 0.417. The standard InChI is InChI=1S/C12H16O3S/c1-8-3-4-10(7-11(8)12(14)15)16-6-5-9(2)13/h3-4,7,9,13H,5-6H2,1-2H3,(H,14,15). The maximum absolute atomic E-state index is 10.9. The van der Waals surface area contributed by atoms with Crippen molar-refractivity contribution in [1.82, 2.24) is 0 Å². The van der Waals surface area contributed by atoms with Gasteiger partial charge >= 0.3 is 5.97 Å². The molecule has 0 amide bonds. The smallest absolute Gasteiger partial charge is 0.335 e. The van der Waals surface area contributed by atoms with E-state index in [-0.39, 0.29) is 6.10 Å². The number of aryl methyl sites for hydroxylation is 1. The third-order valence-electron chi connectivity index (χ3n) is 2.24. The second-order valence-corrected chi connectivity index (χ2v) is 4.94. The third kappa shape index (κ3) is 3.87. The van der Waals surface area contributed by atoms with Gasteiger partial charge in [0.1, 0.15) is 0 Å². The molecule has 0 spiro atoms. The maximum Gasteiger partial charge on any atom is 0.335 e. The lowest BCUT2D eigenvalue weighted by molar-refractivity contribution is 0.0696. The van der Waals surface area contributed by atoms with Crippen LogP contribution < -0.4 is 0 Å². The number of aliphatic hydroxyl groups excluding tert-OH is 1. The number of aromatic carboxylic acids is 1.